The Hall–Kier alpha value is -0.790. The van der Waals surface area contributed by atoms with Gasteiger partial charge in [0.2, 0.25) is 0 Å². The Bertz CT molecular complexity index is 434. The number of halogens is 4. The molecule has 0 aliphatic carbocycles. The van der Waals surface area contributed by atoms with Crippen molar-refractivity contribution in [2.75, 3.05) is 13.1 Å². The molecule has 0 saturated carbocycles. The molecule has 2 aliphatic heterocycles. The molecule has 0 radical (unpaired) electrons. The molecule has 1 aromatic heterocycles. The number of aromatic amines is 1. The van der Waals surface area contributed by atoms with E-state index in [1.165, 1.54) is 0 Å². The van der Waals surface area contributed by atoms with Gasteiger partial charge in [0.05, 0.1) is 0 Å². The zero-order valence-corrected chi connectivity index (χ0v) is 11.7. The molecular weight excluding hydrogens is 293 g/mol. The number of hydrogen-bond acceptors (Lipinski definition) is 3. The van der Waals surface area contributed by atoms with Crippen LogP contribution >= 0.6 is 12.4 Å². The van der Waals surface area contributed by atoms with Gasteiger partial charge in [0.25, 0.3) is 0 Å². The first kappa shape index (κ1) is 15.6. The minimum atomic E-state index is -4.37. The Kier molecular flexibility index (Phi) is 4.61. The highest BCUT2D eigenvalue weighted by Crippen LogP contribution is 2.31. The number of alkyl halides is 3. The number of fused-ring (bicyclic) bond motifs is 2. The number of nitrogens with one attached hydrogen (secondary N) is 2. The van der Waals surface area contributed by atoms with Crippen LogP contribution in [-0.4, -0.2) is 40.3 Å². The summed E-state index contributed by atoms with van der Waals surface area (Å²) in [5, 5.41) is 9.25. The Labute approximate surface area is 121 Å². The van der Waals surface area contributed by atoms with Crippen LogP contribution in [0.15, 0.2) is 6.07 Å². The van der Waals surface area contributed by atoms with Gasteiger partial charge in [-0.1, -0.05) is 0 Å². The van der Waals surface area contributed by atoms with Gasteiger partial charge in [0.1, 0.15) is 0 Å². The lowest BCUT2D eigenvalue weighted by Crippen LogP contribution is -2.37. The van der Waals surface area contributed by atoms with Crippen molar-refractivity contribution in [3.05, 3.63) is 17.5 Å². The van der Waals surface area contributed by atoms with Gasteiger partial charge in [0, 0.05) is 30.9 Å². The second-order valence-corrected chi connectivity index (χ2v) is 5.33. The molecule has 4 nitrogen and oxygen atoms in total. The van der Waals surface area contributed by atoms with Crippen molar-refractivity contribution in [3.8, 4) is 0 Å². The number of H-pyrrole nitrogens is 1. The van der Waals surface area contributed by atoms with Crippen LogP contribution in [0.1, 0.15) is 30.7 Å². The molecule has 8 heteroatoms. The maximum atomic E-state index is 12.5. The molecule has 0 aromatic carbocycles. The SMILES string of the molecule is Cl.FC(F)(F)c1cc(CN2C3CCNCC2CC3)[nH]n1. The predicted molar refractivity (Wildman–Crippen MR) is 70.7 cm³/mol. The van der Waals surface area contributed by atoms with E-state index in [0.717, 1.165) is 38.4 Å². The van der Waals surface area contributed by atoms with E-state index in [0.29, 0.717) is 24.3 Å². The van der Waals surface area contributed by atoms with Crippen molar-refractivity contribution in [1.82, 2.24) is 20.4 Å². The number of nitrogens with zero attached hydrogens (tertiary/aromatic N) is 2. The molecule has 2 aliphatic rings. The van der Waals surface area contributed by atoms with Crippen molar-refractivity contribution in [1.29, 1.82) is 0 Å². The van der Waals surface area contributed by atoms with Gasteiger partial charge in [-0.15, -0.1) is 12.4 Å². The molecule has 0 spiro atoms. The fourth-order valence-corrected chi connectivity index (χ4v) is 3.12. The Morgan fingerprint density at radius 1 is 1.25 bits per heavy atom. The van der Waals surface area contributed by atoms with Crippen LogP contribution in [0.3, 0.4) is 0 Å². The Balaban J connectivity index is 0.00000147. The van der Waals surface area contributed by atoms with Crippen LogP contribution in [0, 0.1) is 0 Å². The first-order chi connectivity index (χ1) is 9.04. The topological polar surface area (TPSA) is 44.0 Å². The van der Waals surface area contributed by atoms with Gasteiger partial charge in [-0.05, 0) is 31.9 Å². The minimum Gasteiger partial charge on any atom is -0.315 e. The maximum absolute atomic E-state index is 12.5. The van der Waals surface area contributed by atoms with Crippen molar-refractivity contribution < 1.29 is 13.2 Å². The molecule has 114 valence electrons. The zero-order chi connectivity index (χ0) is 13.5. The molecule has 2 atom stereocenters. The summed E-state index contributed by atoms with van der Waals surface area (Å²) in [5.41, 5.74) is -0.283. The molecule has 20 heavy (non-hydrogen) atoms. The summed E-state index contributed by atoms with van der Waals surface area (Å²) in [7, 11) is 0. The van der Waals surface area contributed by atoms with E-state index < -0.39 is 11.9 Å². The van der Waals surface area contributed by atoms with Gasteiger partial charge in [-0.25, -0.2) is 0 Å². The predicted octanol–water partition coefficient (Wildman–Crippen LogP) is 2.18. The van der Waals surface area contributed by atoms with E-state index in [9.17, 15) is 13.2 Å². The third-order valence-electron chi connectivity index (χ3n) is 4.08. The molecule has 2 saturated heterocycles. The summed E-state index contributed by atoms with van der Waals surface area (Å²) in [4.78, 5) is 2.31. The normalized spacial score (nSPS) is 27.1. The molecule has 2 unspecified atom stereocenters. The van der Waals surface area contributed by atoms with Crippen LogP contribution in [0.25, 0.3) is 0 Å². The van der Waals surface area contributed by atoms with Crippen molar-refractivity contribution in [3.63, 3.8) is 0 Å². The van der Waals surface area contributed by atoms with E-state index in [-0.39, 0.29) is 12.4 Å². The van der Waals surface area contributed by atoms with E-state index in [2.05, 4.69) is 20.4 Å². The lowest BCUT2D eigenvalue weighted by Gasteiger charge is -2.26. The third kappa shape index (κ3) is 3.10. The molecule has 2 N–H and O–H groups in total. The maximum Gasteiger partial charge on any atom is 0.435 e. The van der Waals surface area contributed by atoms with Gasteiger partial charge >= 0.3 is 6.18 Å². The quantitative estimate of drug-likeness (QED) is 0.880. The zero-order valence-electron chi connectivity index (χ0n) is 10.9. The molecular formula is C12H18ClF3N4. The highest BCUT2D eigenvalue weighted by atomic mass is 35.5. The van der Waals surface area contributed by atoms with Crippen molar-refractivity contribution in [2.45, 2.75) is 44.1 Å². The fraction of sp³-hybridized carbons (Fsp3) is 0.750. The largest absolute Gasteiger partial charge is 0.435 e. The lowest BCUT2D eigenvalue weighted by atomic mass is 10.1. The summed E-state index contributed by atoms with van der Waals surface area (Å²) in [6.45, 7) is 2.45. The second-order valence-electron chi connectivity index (χ2n) is 5.33. The average molecular weight is 311 g/mol. The van der Waals surface area contributed by atoms with Crippen LogP contribution in [0.4, 0.5) is 13.2 Å². The van der Waals surface area contributed by atoms with Crippen LogP contribution < -0.4 is 5.32 Å². The van der Waals surface area contributed by atoms with Gasteiger partial charge in [-0.2, -0.15) is 18.3 Å². The van der Waals surface area contributed by atoms with Crippen LogP contribution in [0.5, 0.6) is 0 Å². The second kappa shape index (κ2) is 5.91. The smallest absolute Gasteiger partial charge is 0.315 e. The van der Waals surface area contributed by atoms with Crippen LogP contribution in [-0.2, 0) is 12.7 Å². The first-order valence-electron chi connectivity index (χ1n) is 6.62. The summed E-state index contributed by atoms with van der Waals surface area (Å²) in [6, 6.07) is 2.04. The molecule has 1 aromatic rings. The molecule has 2 bridgehead atoms. The highest BCUT2D eigenvalue weighted by Gasteiger charge is 2.37. The van der Waals surface area contributed by atoms with Gasteiger partial charge in [0.15, 0.2) is 5.69 Å². The van der Waals surface area contributed by atoms with Gasteiger partial charge < -0.3 is 5.32 Å². The number of hydrogen-bond donors (Lipinski definition) is 2. The Morgan fingerprint density at radius 2 is 2.00 bits per heavy atom. The van der Waals surface area contributed by atoms with E-state index in [1.807, 2.05) is 0 Å². The number of rotatable bonds is 2. The van der Waals surface area contributed by atoms with E-state index in [4.69, 9.17) is 0 Å². The fourth-order valence-electron chi connectivity index (χ4n) is 3.12. The summed E-state index contributed by atoms with van der Waals surface area (Å²) < 4.78 is 37.5. The van der Waals surface area contributed by atoms with E-state index in [1.54, 1.807) is 0 Å². The molecule has 3 rings (SSSR count). The van der Waals surface area contributed by atoms with Gasteiger partial charge in [-0.3, -0.25) is 10.00 Å². The number of aromatic nitrogens is 2. The van der Waals surface area contributed by atoms with Crippen molar-refractivity contribution >= 4 is 12.4 Å². The Morgan fingerprint density at radius 3 is 2.70 bits per heavy atom. The average Bonchev–Trinajstić information content (AvgIpc) is 2.84. The summed E-state index contributed by atoms with van der Waals surface area (Å²) >= 11 is 0. The first-order valence-corrected chi connectivity index (χ1v) is 6.62. The van der Waals surface area contributed by atoms with Crippen LogP contribution in [0.2, 0.25) is 0 Å². The molecule has 2 fully saturated rings. The molecule has 0 amide bonds. The summed E-state index contributed by atoms with van der Waals surface area (Å²) in [6.07, 6.45) is -1.03. The van der Waals surface area contributed by atoms with E-state index >= 15 is 0 Å². The highest BCUT2D eigenvalue weighted by molar-refractivity contribution is 5.85. The lowest BCUT2D eigenvalue weighted by molar-refractivity contribution is -0.141. The molecule has 3 heterocycles. The monoisotopic (exact) mass is 310 g/mol. The summed E-state index contributed by atoms with van der Waals surface area (Å²) in [5.74, 6) is 0. The minimum absolute atomic E-state index is 0. The standard InChI is InChI=1S/C12H17F3N4.ClH/c13-12(14,15)11-5-8(17-18-11)7-19-9-1-2-10(19)6-16-4-3-9;/h5,9-10,16H,1-4,6-7H2,(H,17,18);1H. The van der Waals surface area contributed by atoms with Crippen molar-refractivity contribution in [2.24, 2.45) is 0 Å². The third-order valence-corrected chi connectivity index (χ3v) is 4.08.